The van der Waals surface area contributed by atoms with Gasteiger partial charge in [0.15, 0.2) is 0 Å². The molecule has 1 N–H and O–H groups in total. The van der Waals surface area contributed by atoms with Gasteiger partial charge in [-0.25, -0.2) is 0 Å². The zero-order valence-corrected chi connectivity index (χ0v) is 12.7. The molecule has 0 bridgehead atoms. The van der Waals surface area contributed by atoms with Crippen LogP contribution in [0.25, 0.3) is 0 Å². The molecule has 1 saturated carbocycles. The maximum atomic E-state index is 4.28. The second-order valence-corrected chi connectivity index (χ2v) is 6.73. The first-order valence-electron chi connectivity index (χ1n) is 8.16. The predicted molar refractivity (Wildman–Crippen MR) is 81.6 cm³/mol. The Morgan fingerprint density at radius 2 is 2.00 bits per heavy atom. The monoisotopic (exact) mass is 276 g/mol. The van der Waals surface area contributed by atoms with Gasteiger partial charge in [0.05, 0.1) is 6.54 Å². The van der Waals surface area contributed by atoms with Crippen LogP contribution in [0.1, 0.15) is 38.5 Å². The van der Waals surface area contributed by atoms with Crippen LogP contribution in [0.2, 0.25) is 0 Å². The van der Waals surface area contributed by atoms with Crippen LogP contribution >= 0.6 is 0 Å². The van der Waals surface area contributed by atoms with E-state index in [-0.39, 0.29) is 0 Å². The fourth-order valence-electron chi connectivity index (χ4n) is 3.99. The van der Waals surface area contributed by atoms with Crippen LogP contribution in [0, 0.1) is 5.41 Å². The summed E-state index contributed by atoms with van der Waals surface area (Å²) in [6.07, 6.45) is 12.4. The summed E-state index contributed by atoms with van der Waals surface area (Å²) in [4.78, 5) is 2.55. The van der Waals surface area contributed by atoms with Crippen LogP contribution in [0.5, 0.6) is 0 Å². The zero-order chi connectivity index (χ0) is 13.8. The number of aromatic nitrogens is 2. The molecule has 1 aliphatic carbocycles. The topological polar surface area (TPSA) is 33.1 Å². The summed E-state index contributed by atoms with van der Waals surface area (Å²) >= 11 is 0. The second-order valence-electron chi connectivity index (χ2n) is 6.73. The summed E-state index contributed by atoms with van der Waals surface area (Å²) in [6, 6.07) is 2.78. The van der Waals surface area contributed by atoms with Crippen LogP contribution in [-0.2, 0) is 6.54 Å². The summed E-state index contributed by atoms with van der Waals surface area (Å²) in [6.45, 7) is 4.59. The van der Waals surface area contributed by atoms with Gasteiger partial charge in [0.1, 0.15) is 0 Å². The third-order valence-corrected chi connectivity index (χ3v) is 5.54. The van der Waals surface area contributed by atoms with Crippen molar-refractivity contribution in [2.75, 3.05) is 26.7 Å². The lowest BCUT2D eigenvalue weighted by atomic mass is 9.67. The van der Waals surface area contributed by atoms with Gasteiger partial charge < -0.3 is 10.2 Å². The molecule has 3 rings (SSSR count). The Kier molecular flexibility index (Phi) is 4.41. The van der Waals surface area contributed by atoms with Crippen molar-refractivity contribution in [3.63, 3.8) is 0 Å². The molecule has 112 valence electrons. The number of nitrogens with one attached hydrogen (secondary N) is 1. The summed E-state index contributed by atoms with van der Waals surface area (Å²) < 4.78 is 2.04. The molecular weight excluding hydrogens is 248 g/mol. The normalized spacial score (nSPS) is 23.5. The minimum atomic E-state index is 0.685. The highest BCUT2D eigenvalue weighted by atomic mass is 15.3. The Bertz CT molecular complexity index is 385. The van der Waals surface area contributed by atoms with Crippen molar-refractivity contribution in [1.82, 2.24) is 20.0 Å². The minimum Gasteiger partial charge on any atom is -0.317 e. The largest absolute Gasteiger partial charge is 0.317 e. The Hall–Kier alpha value is -0.870. The van der Waals surface area contributed by atoms with Gasteiger partial charge in [-0.15, -0.1) is 0 Å². The number of rotatable bonds is 4. The fraction of sp³-hybridized carbons (Fsp3) is 0.812. The molecule has 4 heteroatoms. The summed E-state index contributed by atoms with van der Waals surface area (Å²) in [5, 5.41) is 7.79. The summed E-state index contributed by atoms with van der Waals surface area (Å²) in [5.41, 5.74) is 0.685. The molecule has 0 aromatic carbocycles. The zero-order valence-electron chi connectivity index (χ0n) is 12.7. The predicted octanol–water partition coefficient (Wildman–Crippen LogP) is 2.13. The fourth-order valence-corrected chi connectivity index (χ4v) is 3.99. The van der Waals surface area contributed by atoms with E-state index < -0.39 is 0 Å². The maximum Gasteiger partial charge on any atom is 0.0536 e. The van der Waals surface area contributed by atoms with E-state index in [1.165, 1.54) is 51.6 Å². The van der Waals surface area contributed by atoms with Gasteiger partial charge in [-0.2, -0.15) is 5.10 Å². The van der Waals surface area contributed by atoms with Gasteiger partial charge >= 0.3 is 0 Å². The van der Waals surface area contributed by atoms with Crippen molar-refractivity contribution >= 4 is 0 Å². The highest BCUT2D eigenvalue weighted by Gasteiger charge is 2.36. The lowest BCUT2D eigenvalue weighted by molar-refractivity contribution is 0.0750. The van der Waals surface area contributed by atoms with Gasteiger partial charge in [-0.3, -0.25) is 4.68 Å². The summed E-state index contributed by atoms with van der Waals surface area (Å²) in [5.74, 6) is 0. The van der Waals surface area contributed by atoms with Crippen LogP contribution in [0.15, 0.2) is 18.5 Å². The molecule has 0 amide bonds. The lowest BCUT2D eigenvalue weighted by Crippen LogP contribution is -2.44. The van der Waals surface area contributed by atoms with E-state index in [0.29, 0.717) is 5.41 Å². The first-order valence-corrected chi connectivity index (χ1v) is 8.16. The Balaban J connectivity index is 1.45. The van der Waals surface area contributed by atoms with Crippen molar-refractivity contribution < 1.29 is 0 Å². The van der Waals surface area contributed by atoms with Gasteiger partial charge in [0, 0.05) is 25.0 Å². The highest BCUT2D eigenvalue weighted by molar-refractivity contribution is 4.91. The molecule has 0 atom stereocenters. The number of hydrogen-bond donors (Lipinski definition) is 1. The quantitative estimate of drug-likeness (QED) is 0.914. The average molecular weight is 276 g/mol. The van der Waals surface area contributed by atoms with Crippen molar-refractivity contribution in [1.29, 1.82) is 0 Å². The van der Waals surface area contributed by atoms with E-state index in [4.69, 9.17) is 0 Å². The molecule has 1 aromatic rings. The van der Waals surface area contributed by atoms with Crippen molar-refractivity contribution in [2.24, 2.45) is 5.41 Å². The van der Waals surface area contributed by atoms with Crippen LogP contribution < -0.4 is 5.32 Å². The molecule has 1 spiro atoms. The first kappa shape index (κ1) is 14.1. The van der Waals surface area contributed by atoms with Gasteiger partial charge in [-0.05, 0) is 70.1 Å². The molecule has 2 fully saturated rings. The minimum absolute atomic E-state index is 0.685. The number of piperidine rings is 1. The molecule has 20 heavy (non-hydrogen) atoms. The van der Waals surface area contributed by atoms with Crippen LogP contribution in [-0.4, -0.2) is 47.4 Å². The van der Waals surface area contributed by atoms with Crippen LogP contribution in [0.4, 0.5) is 0 Å². The average Bonchev–Trinajstić information content (AvgIpc) is 3.00. The number of hydrogen-bond acceptors (Lipinski definition) is 3. The smallest absolute Gasteiger partial charge is 0.0536 e. The molecule has 2 heterocycles. The number of nitrogens with zero attached hydrogens (tertiary/aromatic N) is 3. The van der Waals surface area contributed by atoms with Crippen molar-refractivity contribution in [3.05, 3.63) is 18.5 Å². The van der Waals surface area contributed by atoms with Crippen LogP contribution in [0.3, 0.4) is 0 Å². The van der Waals surface area contributed by atoms with E-state index in [9.17, 15) is 0 Å². The van der Waals surface area contributed by atoms with Gasteiger partial charge in [0.25, 0.3) is 0 Å². The number of likely N-dealkylation sites (N-methyl/N-ethyl adjacent to an activating group) is 1. The first-order chi connectivity index (χ1) is 9.77. The molecular formula is C16H28N4. The van der Waals surface area contributed by atoms with E-state index in [0.717, 1.165) is 19.1 Å². The van der Waals surface area contributed by atoms with Gasteiger partial charge in [0.2, 0.25) is 0 Å². The third kappa shape index (κ3) is 3.23. The SMILES string of the molecule is CN(CCn1cccn1)C1CCC2(CCNCC2)CC1. The second kappa shape index (κ2) is 6.27. The highest BCUT2D eigenvalue weighted by Crippen LogP contribution is 2.44. The lowest BCUT2D eigenvalue weighted by Gasteiger charge is -2.45. The standard InChI is InChI=1S/C16H28N4/c1-19(13-14-20-12-2-9-18-20)15-3-5-16(6-4-15)7-10-17-11-8-16/h2,9,12,15,17H,3-8,10-11,13-14H2,1H3. The molecule has 1 saturated heterocycles. The Labute approximate surface area is 122 Å². The van der Waals surface area contributed by atoms with E-state index in [2.05, 4.69) is 28.6 Å². The molecule has 1 aromatic heterocycles. The molecule has 0 unspecified atom stereocenters. The Morgan fingerprint density at radius 3 is 2.65 bits per heavy atom. The molecule has 1 aliphatic heterocycles. The Morgan fingerprint density at radius 1 is 1.25 bits per heavy atom. The maximum absolute atomic E-state index is 4.28. The van der Waals surface area contributed by atoms with E-state index >= 15 is 0 Å². The van der Waals surface area contributed by atoms with E-state index in [1.54, 1.807) is 0 Å². The molecule has 2 aliphatic rings. The van der Waals surface area contributed by atoms with Crippen molar-refractivity contribution in [3.8, 4) is 0 Å². The molecule has 0 radical (unpaired) electrons. The van der Waals surface area contributed by atoms with E-state index in [1.807, 2.05) is 16.9 Å². The summed E-state index contributed by atoms with van der Waals surface area (Å²) in [7, 11) is 2.29. The third-order valence-electron chi connectivity index (χ3n) is 5.54. The molecule has 4 nitrogen and oxygen atoms in total. The van der Waals surface area contributed by atoms with Gasteiger partial charge in [-0.1, -0.05) is 0 Å². The van der Waals surface area contributed by atoms with Crippen molar-refractivity contribution in [2.45, 2.75) is 51.1 Å².